The zero-order chi connectivity index (χ0) is 16.4. The van der Waals surface area contributed by atoms with Crippen molar-refractivity contribution in [2.24, 2.45) is 7.05 Å². The van der Waals surface area contributed by atoms with E-state index in [2.05, 4.69) is 0 Å². The van der Waals surface area contributed by atoms with Gasteiger partial charge >= 0.3 is 5.97 Å². The van der Waals surface area contributed by atoms with Gasteiger partial charge in [0.15, 0.2) is 0 Å². The first-order valence-electron chi connectivity index (χ1n) is 7.16. The molecule has 2 aromatic carbocycles. The lowest BCUT2D eigenvalue weighted by Gasteiger charge is -2.07. The number of carboxylic acid groups (broad SMARTS) is 1. The number of carbonyl (C=O) groups is 1. The van der Waals surface area contributed by atoms with E-state index in [1.54, 1.807) is 19.2 Å². The minimum absolute atomic E-state index is 0.277. The van der Waals surface area contributed by atoms with Gasteiger partial charge < -0.3 is 19.1 Å². The van der Waals surface area contributed by atoms with Gasteiger partial charge in [-0.2, -0.15) is 0 Å². The van der Waals surface area contributed by atoms with E-state index in [9.17, 15) is 4.79 Å². The van der Waals surface area contributed by atoms with Gasteiger partial charge in [0, 0.05) is 35.8 Å². The molecule has 0 spiro atoms. The SMILES string of the molecule is COc1cccc(OCc2cn(C)c3cc(C(=O)O)ccc23)c1. The van der Waals surface area contributed by atoms with Crippen LogP contribution in [-0.4, -0.2) is 22.8 Å². The highest BCUT2D eigenvalue weighted by Crippen LogP contribution is 2.25. The largest absolute Gasteiger partial charge is 0.497 e. The van der Waals surface area contributed by atoms with Crippen molar-refractivity contribution in [3.05, 3.63) is 59.8 Å². The van der Waals surface area contributed by atoms with E-state index >= 15 is 0 Å². The summed E-state index contributed by atoms with van der Waals surface area (Å²) in [4.78, 5) is 11.1. The highest BCUT2D eigenvalue weighted by atomic mass is 16.5. The van der Waals surface area contributed by atoms with Gasteiger partial charge in [-0.1, -0.05) is 12.1 Å². The maximum atomic E-state index is 11.1. The first-order valence-corrected chi connectivity index (χ1v) is 7.16. The van der Waals surface area contributed by atoms with Crippen molar-refractivity contribution in [1.82, 2.24) is 4.57 Å². The number of nitrogens with zero attached hydrogens (tertiary/aromatic N) is 1. The molecule has 118 valence electrons. The Balaban J connectivity index is 1.87. The second kappa shape index (κ2) is 6.04. The van der Waals surface area contributed by atoms with Crippen LogP contribution < -0.4 is 9.47 Å². The summed E-state index contributed by atoms with van der Waals surface area (Å²) < 4.78 is 12.9. The van der Waals surface area contributed by atoms with Crippen molar-refractivity contribution in [3.8, 4) is 11.5 Å². The van der Waals surface area contributed by atoms with Crippen LogP contribution in [0, 0.1) is 0 Å². The number of carboxylic acids is 1. The summed E-state index contributed by atoms with van der Waals surface area (Å²) in [6.07, 6.45) is 1.95. The summed E-state index contributed by atoms with van der Waals surface area (Å²) in [5.41, 5.74) is 2.15. The van der Waals surface area contributed by atoms with Crippen LogP contribution in [0.4, 0.5) is 0 Å². The van der Waals surface area contributed by atoms with E-state index in [4.69, 9.17) is 14.6 Å². The van der Waals surface area contributed by atoms with E-state index in [-0.39, 0.29) is 5.56 Å². The summed E-state index contributed by atoms with van der Waals surface area (Å²) in [5, 5.41) is 10.1. The van der Waals surface area contributed by atoms with Crippen LogP contribution in [0.3, 0.4) is 0 Å². The van der Waals surface area contributed by atoms with Crippen molar-refractivity contribution in [1.29, 1.82) is 0 Å². The van der Waals surface area contributed by atoms with Crippen LogP contribution in [0.25, 0.3) is 10.9 Å². The van der Waals surface area contributed by atoms with Gasteiger partial charge in [0.25, 0.3) is 0 Å². The quantitative estimate of drug-likeness (QED) is 0.784. The molecule has 0 saturated heterocycles. The Bertz CT molecular complexity index is 867. The molecule has 1 aromatic heterocycles. The van der Waals surface area contributed by atoms with Gasteiger partial charge in [-0.3, -0.25) is 0 Å². The number of aromatic carboxylic acids is 1. The van der Waals surface area contributed by atoms with Crippen molar-refractivity contribution >= 4 is 16.9 Å². The summed E-state index contributed by atoms with van der Waals surface area (Å²) in [6.45, 7) is 0.400. The third kappa shape index (κ3) is 2.99. The van der Waals surface area contributed by atoms with Crippen LogP contribution in [-0.2, 0) is 13.7 Å². The molecule has 1 heterocycles. The average Bonchev–Trinajstić information content (AvgIpc) is 2.89. The fraction of sp³-hybridized carbons (Fsp3) is 0.167. The zero-order valence-electron chi connectivity index (χ0n) is 12.9. The fourth-order valence-corrected chi connectivity index (χ4v) is 2.57. The Hall–Kier alpha value is -2.95. The second-order valence-corrected chi connectivity index (χ2v) is 5.27. The molecule has 1 N–H and O–H groups in total. The van der Waals surface area contributed by atoms with Gasteiger partial charge in [0.2, 0.25) is 0 Å². The lowest BCUT2D eigenvalue weighted by atomic mass is 10.1. The molecule has 0 fully saturated rings. The molecule has 0 aliphatic rings. The number of aromatic nitrogens is 1. The first kappa shape index (κ1) is 15.0. The predicted octanol–water partition coefficient (Wildman–Crippen LogP) is 3.46. The van der Waals surface area contributed by atoms with Crippen LogP contribution in [0.5, 0.6) is 11.5 Å². The van der Waals surface area contributed by atoms with Gasteiger partial charge in [0.05, 0.1) is 12.7 Å². The summed E-state index contributed by atoms with van der Waals surface area (Å²) >= 11 is 0. The molecule has 3 rings (SSSR count). The van der Waals surface area contributed by atoms with Gasteiger partial charge in [-0.05, 0) is 24.3 Å². The summed E-state index contributed by atoms with van der Waals surface area (Å²) in [6, 6.07) is 12.5. The highest BCUT2D eigenvalue weighted by Gasteiger charge is 2.11. The molecule has 0 unspecified atom stereocenters. The van der Waals surface area contributed by atoms with Gasteiger partial charge in [0.1, 0.15) is 18.1 Å². The van der Waals surface area contributed by atoms with E-state index in [1.807, 2.05) is 48.1 Å². The zero-order valence-corrected chi connectivity index (χ0v) is 12.9. The summed E-state index contributed by atoms with van der Waals surface area (Å²) in [7, 11) is 3.51. The Kier molecular flexibility index (Phi) is 3.93. The van der Waals surface area contributed by atoms with Crippen LogP contribution in [0.1, 0.15) is 15.9 Å². The molecule has 0 aliphatic heterocycles. The number of aryl methyl sites for hydroxylation is 1. The molecule has 0 saturated carbocycles. The maximum Gasteiger partial charge on any atom is 0.335 e. The molecule has 23 heavy (non-hydrogen) atoms. The molecule has 5 heteroatoms. The predicted molar refractivity (Wildman–Crippen MR) is 87.2 cm³/mol. The van der Waals surface area contributed by atoms with Gasteiger partial charge in [-0.15, -0.1) is 0 Å². The number of ether oxygens (including phenoxy) is 2. The Labute approximate surface area is 133 Å². The molecule has 0 radical (unpaired) electrons. The number of hydrogen-bond acceptors (Lipinski definition) is 3. The normalized spacial score (nSPS) is 10.7. The molecule has 3 aromatic rings. The van der Waals surface area contributed by atoms with Crippen molar-refractivity contribution in [2.45, 2.75) is 6.61 Å². The van der Waals surface area contributed by atoms with E-state index in [0.717, 1.165) is 28.0 Å². The molecule has 0 atom stereocenters. The molecule has 0 bridgehead atoms. The number of fused-ring (bicyclic) bond motifs is 1. The molecule has 0 amide bonds. The van der Waals surface area contributed by atoms with Gasteiger partial charge in [-0.25, -0.2) is 4.79 Å². The fourth-order valence-electron chi connectivity index (χ4n) is 2.57. The van der Waals surface area contributed by atoms with E-state index in [0.29, 0.717) is 6.61 Å². The molecular formula is C18H17NO4. The standard InChI is InChI=1S/C18H17NO4/c1-19-10-13(11-23-15-5-3-4-14(9-15)22-2)16-7-6-12(18(20)21)8-17(16)19/h3-10H,11H2,1-2H3,(H,20,21). The van der Waals surface area contributed by atoms with Crippen molar-refractivity contribution in [3.63, 3.8) is 0 Å². The molecular weight excluding hydrogens is 294 g/mol. The number of benzene rings is 2. The van der Waals surface area contributed by atoms with Crippen LogP contribution in [0.15, 0.2) is 48.7 Å². The smallest absolute Gasteiger partial charge is 0.335 e. The Morgan fingerprint density at radius 1 is 1.17 bits per heavy atom. The number of rotatable bonds is 5. The lowest BCUT2D eigenvalue weighted by molar-refractivity contribution is 0.0697. The van der Waals surface area contributed by atoms with Crippen molar-refractivity contribution < 1.29 is 19.4 Å². The highest BCUT2D eigenvalue weighted by molar-refractivity contribution is 5.94. The molecule has 0 aliphatic carbocycles. The topological polar surface area (TPSA) is 60.7 Å². The van der Waals surface area contributed by atoms with Crippen molar-refractivity contribution in [2.75, 3.05) is 7.11 Å². The number of methoxy groups -OCH3 is 1. The lowest BCUT2D eigenvalue weighted by Crippen LogP contribution is -1.96. The Morgan fingerprint density at radius 3 is 2.70 bits per heavy atom. The second-order valence-electron chi connectivity index (χ2n) is 5.27. The van der Waals surface area contributed by atoms with Crippen LogP contribution >= 0.6 is 0 Å². The first-order chi connectivity index (χ1) is 11.1. The summed E-state index contributed by atoms with van der Waals surface area (Å²) in [5.74, 6) is 0.539. The molecule has 5 nitrogen and oxygen atoms in total. The Morgan fingerprint density at radius 2 is 1.96 bits per heavy atom. The third-order valence-corrected chi connectivity index (χ3v) is 3.76. The third-order valence-electron chi connectivity index (χ3n) is 3.76. The maximum absolute atomic E-state index is 11.1. The van der Waals surface area contributed by atoms with E-state index < -0.39 is 5.97 Å². The van der Waals surface area contributed by atoms with Crippen LogP contribution in [0.2, 0.25) is 0 Å². The minimum atomic E-state index is -0.928. The van der Waals surface area contributed by atoms with E-state index in [1.165, 1.54) is 0 Å². The average molecular weight is 311 g/mol. The minimum Gasteiger partial charge on any atom is -0.497 e. The monoisotopic (exact) mass is 311 g/mol. The number of hydrogen-bond donors (Lipinski definition) is 1.